The first kappa shape index (κ1) is 13.1. The predicted molar refractivity (Wildman–Crippen MR) is 71.1 cm³/mol. The third kappa shape index (κ3) is 3.33. The number of hydrogen-bond donors (Lipinski definition) is 2. The van der Waals surface area contributed by atoms with E-state index in [4.69, 9.17) is 11.6 Å². The molecule has 0 bridgehead atoms. The first-order chi connectivity index (χ1) is 8.69. The number of aromatic amines is 1. The normalized spacial score (nSPS) is 10.6. The molecule has 0 fully saturated rings. The molecule has 0 atom stereocenters. The summed E-state index contributed by atoms with van der Waals surface area (Å²) in [5, 5.41) is 11.6. The van der Waals surface area contributed by atoms with Crippen molar-refractivity contribution >= 4 is 29.3 Å². The van der Waals surface area contributed by atoms with E-state index < -0.39 is 0 Å². The largest absolute Gasteiger partial charge is 0.354 e. The number of aryl methyl sites for hydroxylation is 1. The molecule has 2 aromatic rings. The molecule has 0 saturated heterocycles. The van der Waals surface area contributed by atoms with Gasteiger partial charge in [-0.05, 0) is 25.1 Å². The second-order valence-electron chi connectivity index (χ2n) is 3.58. The Balaban J connectivity index is 2.15. The van der Waals surface area contributed by atoms with Gasteiger partial charge in [0.05, 0.1) is 11.2 Å². The summed E-state index contributed by atoms with van der Waals surface area (Å²) in [7, 11) is 0. The van der Waals surface area contributed by atoms with E-state index in [1.165, 1.54) is 11.8 Å². The molecule has 0 saturated carbocycles. The number of nitrogens with zero attached hydrogens (tertiary/aromatic N) is 4. The molecule has 2 aromatic heterocycles. The van der Waals surface area contributed by atoms with E-state index in [1.807, 2.05) is 6.92 Å². The maximum atomic E-state index is 6.05. The lowest BCUT2D eigenvalue weighted by Crippen LogP contribution is -2.04. The van der Waals surface area contributed by atoms with E-state index >= 15 is 0 Å². The number of H-pyrrole nitrogens is 1. The Morgan fingerprint density at radius 1 is 1.44 bits per heavy atom. The minimum absolute atomic E-state index is 0.490. The summed E-state index contributed by atoms with van der Waals surface area (Å²) < 4.78 is 0. The first-order valence-corrected chi connectivity index (χ1v) is 6.71. The third-order valence-corrected chi connectivity index (χ3v) is 3.27. The van der Waals surface area contributed by atoms with Crippen LogP contribution in [0.25, 0.3) is 0 Å². The highest BCUT2D eigenvalue weighted by molar-refractivity contribution is 7.99. The Kier molecular flexibility index (Phi) is 4.38. The molecule has 0 unspecified atom stereocenters. The van der Waals surface area contributed by atoms with Gasteiger partial charge in [-0.15, -0.1) is 5.10 Å². The second-order valence-corrected chi connectivity index (χ2v) is 4.94. The molecule has 18 heavy (non-hydrogen) atoms. The molecule has 6 nitrogen and oxygen atoms in total. The molecule has 2 N–H and O–H groups in total. The Bertz CT molecular complexity index is 529. The highest BCUT2D eigenvalue weighted by Gasteiger charge is 2.10. The van der Waals surface area contributed by atoms with Crippen LogP contribution in [0.1, 0.15) is 19.2 Å². The topological polar surface area (TPSA) is 79.4 Å². The number of anilines is 1. The van der Waals surface area contributed by atoms with Crippen molar-refractivity contribution in [2.45, 2.75) is 30.5 Å². The smallest absolute Gasteiger partial charge is 0.223 e. The summed E-state index contributed by atoms with van der Waals surface area (Å²) in [6, 6.07) is 0. The van der Waals surface area contributed by atoms with Crippen molar-refractivity contribution in [1.82, 2.24) is 25.1 Å². The van der Waals surface area contributed by atoms with E-state index in [0.717, 1.165) is 18.8 Å². The van der Waals surface area contributed by atoms with Crippen LogP contribution in [0.15, 0.2) is 16.4 Å². The number of halogens is 1. The average Bonchev–Trinajstić information content (AvgIpc) is 2.76. The molecule has 0 radical (unpaired) electrons. The minimum Gasteiger partial charge on any atom is -0.354 e. The zero-order chi connectivity index (χ0) is 13.0. The molecular weight excluding hydrogens is 272 g/mol. The van der Waals surface area contributed by atoms with Crippen molar-refractivity contribution in [3.8, 4) is 0 Å². The summed E-state index contributed by atoms with van der Waals surface area (Å²) in [4.78, 5) is 12.6. The lowest BCUT2D eigenvalue weighted by Gasteiger charge is -2.05. The van der Waals surface area contributed by atoms with Crippen molar-refractivity contribution in [2.75, 3.05) is 11.9 Å². The van der Waals surface area contributed by atoms with Crippen LogP contribution in [0.5, 0.6) is 0 Å². The van der Waals surface area contributed by atoms with Crippen molar-refractivity contribution in [3.63, 3.8) is 0 Å². The zero-order valence-electron chi connectivity index (χ0n) is 10.1. The van der Waals surface area contributed by atoms with Gasteiger partial charge in [-0.3, -0.25) is 5.10 Å². The van der Waals surface area contributed by atoms with Crippen molar-refractivity contribution in [3.05, 3.63) is 17.0 Å². The number of nitrogens with one attached hydrogen (secondary N) is 2. The van der Waals surface area contributed by atoms with Gasteiger partial charge < -0.3 is 5.32 Å². The van der Waals surface area contributed by atoms with Crippen LogP contribution in [0.4, 0.5) is 5.95 Å². The van der Waals surface area contributed by atoms with Gasteiger partial charge in [-0.1, -0.05) is 18.5 Å². The fraction of sp³-hybridized carbons (Fsp3) is 0.400. The fourth-order valence-corrected chi connectivity index (χ4v) is 2.14. The zero-order valence-corrected chi connectivity index (χ0v) is 11.6. The maximum Gasteiger partial charge on any atom is 0.223 e. The van der Waals surface area contributed by atoms with E-state index in [0.29, 0.717) is 21.2 Å². The van der Waals surface area contributed by atoms with Crippen LogP contribution in [-0.2, 0) is 0 Å². The summed E-state index contributed by atoms with van der Waals surface area (Å²) in [5.41, 5.74) is 0. The number of rotatable bonds is 5. The lowest BCUT2D eigenvalue weighted by atomic mass is 10.5. The third-order valence-electron chi connectivity index (χ3n) is 2.01. The molecule has 0 aliphatic rings. The van der Waals surface area contributed by atoms with Crippen LogP contribution < -0.4 is 5.32 Å². The van der Waals surface area contributed by atoms with E-state index in [9.17, 15) is 0 Å². The Labute approximate surface area is 114 Å². The van der Waals surface area contributed by atoms with Gasteiger partial charge in [0.25, 0.3) is 0 Å². The van der Waals surface area contributed by atoms with Crippen molar-refractivity contribution < 1.29 is 0 Å². The van der Waals surface area contributed by atoms with Crippen LogP contribution in [0.3, 0.4) is 0 Å². The van der Waals surface area contributed by atoms with Gasteiger partial charge in [0, 0.05) is 6.54 Å². The van der Waals surface area contributed by atoms with Gasteiger partial charge in [0.1, 0.15) is 10.9 Å². The second kappa shape index (κ2) is 6.01. The molecular formula is C10H13ClN6S. The molecule has 0 aliphatic heterocycles. The minimum atomic E-state index is 0.490. The number of hydrogen-bond acceptors (Lipinski definition) is 6. The fourth-order valence-electron chi connectivity index (χ4n) is 1.20. The highest BCUT2D eigenvalue weighted by Crippen LogP contribution is 2.29. The average molecular weight is 285 g/mol. The summed E-state index contributed by atoms with van der Waals surface area (Å²) in [6.45, 7) is 4.74. The molecule has 2 heterocycles. The molecule has 0 aliphatic carbocycles. The predicted octanol–water partition coefficient (Wildman–Crippen LogP) is 2.53. The number of aromatic nitrogens is 5. The molecule has 96 valence electrons. The molecule has 8 heteroatoms. The van der Waals surface area contributed by atoms with Crippen LogP contribution in [0, 0.1) is 6.92 Å². The lowest BCUT2D eigenvalue weighted by molar-refractivity contribution is 0.929. The van der Waals surface area contributed by atoms with Crippen LogP contribution in [-0.4, -0.2) is 31.7 Å². The monoisotopic (exact) mass is 284 g/mol. The van der Waals surface area contributed by atoms with Crippen LogP contribution >= 0.6 is 23.4 Å². The standard InChI is InChI=1S/C10H13ClN6S/c1-3-4-12-9-13-5-7(11)8(15-9)18-10-14-6(2)16-17-10/h5H,3-4H2,1-2H3,(H,12,13,15)(H,14,16,17). The van der Waals surface area contributed by atoms with Gasteiger partial charge in [0.15, 0.2) is 0 Å². The molecule has 0 spiro atoms. The van der Waals surface area contributed by atoms with E-state index in [2.05, 4.69) is 37.4 Å². The highest BCUT2D eigenvalue weighted by atomic mass is 35.5. The van der Waals surface area contributed by atoms with Crippen LogP contribution in [0.2, 0.25) is 5.02 Å². The van der Waals surface area contributed by atoms with E-state index in [-0.39, 0.29) is 0 Å². The molecule has 0 aromatic carbocycles. The molecule has 0 amide bonds. The van der Waals surface area contributed by atoms with Gasteiger partial charge >= 0.3 is 0 Å². The summed E-state index contributed by atoms with van der Waals surface area (Å²) in [5.74, 6) is 1.32. The van der Waals surface area contributed by atoms with E-state index in [1.54, 1.807) is 6.20 Å². The Morgan fingerprint density at radius 3 is 2.94 bits per heavy atom. The quantitative estimate of drug-likeness (QED) is 0.822. The SMILES string of the molecule is CCCNc1ncc(Cl)c(Sc2n[nH]c(C)n2)n1. The first-order valence-electron chi connectivity index (χ1n) is 5.52. The van der Waals surface area contributed by atoms with Gasteiger partial charge in [0.2, 0.25) is 11.1 Å². The molecule has 2 rings (SSSR count). The van der Waals surface area contributed by atoms with Gasteiger partial charge in [-0.2, -0.15) is 0 Å². The van der Waals surface area contributed by atoms with Crippen molar-refractivity contribution in [1.29, 1.82) is 0 Å². The summed E-state index contributed by atoms with van der Waals surface area (Å²) in [6.07, 6.45) is 2.59. The Morgan fingerprint density at radius 2 is 2.28 bits per heavy atom. The summed E-state index contributed by atoms with van der Waals surface area (Å²) >= 11 is 7.35. The Hall–Kier alpha value is -1.34. The van der Waals surface area contributed by atoms with Gasteiger partial charge in [-0.25, -0.2) is 15.0 Å². The van der Waals surface area contributed by atoms with Crippen molar-refractivity contribution in [2.24, 2.45) is 0 Å². The maximum absolute atomic E-state index is 6.05.